The topological polar surface area (TPSA) is 41.5 Å². The van der Waals surface area contributed by atoms with Crippen molar-refractivity contribution >= 4 is 0 Å². The van der Waals surface area contributed by atoms with E-state index in [2.05, 4.69) is 12.2 Å². The van der Waals surface area contributed by atoms with Gasteiger partial charge in [-0.3, -0.25) is 0 Å². The first-order valence-electron chi connectivity index (χ1n) is 7.29. The number of nitrogens with one attached hydrogen (secondary N) is 1. The zero-order chi connectivity index (χ0) is 12.1. The quantitative estimate of drug-likeness (QED) is 0.749. The number of aliphatic hydroxyl groups is 1. The molecule has 2 unspecified atom stereocenters. The zero-order valence-corrected chi connectivity index (χ0v) is 11.1. The number of hydrogen-bond donors (Lipinski definition) is 2. The second-order valence-corrected chi connectivity index (χ2v) is 5.77. The van der Waals surface area contributed by atoms with Gasteiger partial charge in [0.05, 0.1) is 18.8 Å². The molecule has 2 fully saturated rings. The Kier molecular flexibility index (Phi) is 4.83. The highest BCUT2D eigenvalue weighted by atomic mass is 16.5. The fourth-order valence-corrected chi connectivity index (χ4v) is 2.95. The molecule has 2 aliphatic carbocycles. The molecular formula is C14H27NO2. The van der Waals surface area contributed by atoms with Gasteiger partial charge in [0.15, 0.2) is 0 Å². The van der Waals surface area contributed by atoms with Gasteiger partial charge in [0, 0.05) is 5.54 Å². The van der Waals surface area contributed by atoms with Crippen LogP contribution in [0.2, 0.25) is 0 Å². The monoisotopic (exact) mass is 241 g/mol. The predicted molar refractivity (Wildman–Crippen MR) is 69.1 cm³/mol. The van der Waals surface area contributed by atoms with Crippen LogP contribution in [-0.4, -0.2) is 36.0 Å². The Bertz CT molecular complexity index is 230. The highest BCUT2D eigenvalue weighted by Gasteiger charge is 2.37. The fraction of sp³-hybridized carbons (Fsp3) is 1.00. The number of ether oxygens (including phenoxy) is 1. The van der Waals surface area contributed by atoms with Gasteiger partial charge in [0.25, 0.3) is 0 Å². The summed E-state index contributed by atoms with van der Waals surface area (Å²) in [6.45, 7) is 3.41. The molecule has 2 atom stereocenters. The van der Waals surface area contributed by atoms with E-state index in [1.54, 1.807) is 0 Å². The summed E-state index contributed by atoms with van der Waals surface area (Å²) < 4.78 is 6.11. The van der Waals surface area contributed by atoms with Gasteiger partial charge in [-0.2, -0.15) is 0 Å². The van der Waals surface area contributed by atoms with E-state index in [0.29, 0.717) is 12.2 Å². The van der Waals surface area contributed by atoms with E-state index in [1.165, 1.54) is 32.1 Å². The van der Waals surface area contributed by atoms with E-state index in [-0.39, 0.29) is 12.1 Å². The van der Waals surface area contributed by atoms with E-state index in [1.807, 2.05) is 0 Å². The van der Waals surface area contributed by atoms with Crippen molar-refractivity contribution in [3.63, 3.8) is 0 Å². The molecule has 3 nitrogen and oxygen atoms in total. The third kappa shape index (κ3) is 3.43. The summed E-state index contributed by atoms with van der Waals surface area (Å²) in [6.07, 6.45) is 10.2. The van der Waals surface area contributed by atoms with Gasteiger partial charge in [-0.05, 0) is 57.9 Å². The van der Waals surface area contributed by atoms with Crippen molar-refractivity contribution in [2.45, 2.75) is 76.0 Å². The standard InChI is InChI=1S/C14H27NO2/c1-2-9-15-14(11-16)8-4-7-13(10-14)17-12-5-3-6-12/h12-13,15-16H,2-11H2,1H3. The smallest absolute Gasteiger partial charge is 0.0614 e. The maximum Gasteiger partial charge on any atom is 0.0614 e. The lowest BCUT2D eigenvalue weighted by Gasteiger charge is -2.42. The molecule has 0 saturated heterocycles. The number of aliphatic hydroxyl groups excluding tert-OH is 1. The van der Waals surface area contributed by atoms with Crippen molar-refractivity contribution in [1.82, 2.24) is 5.32 Å². The Balaban J connectivity index is 1.83. The summed E-state index contributed by atoms with van der Waals surface area (Å²) in [5.41, 5.74) is -0.0668. The van der Waals surface area contributed by atoms with Crippen molar-refractivity contribution in [3.05, 3.63) is 0 Å². The summed E-state index contributed by atoms with van der Waals surface area (Å²) in [5, 5.41) is 13.2. The first-order chi connectivity index (χ1) is 8.28. The molecule has 0 aliphatic heterocycles. The molecule has 0 bridgehead atoms. The largest absolute Gasteiger partial charge is 0.394 e. The molecular weight excluding hydrogens is 214 g/mol. The van der Waals surface area contributed by atoms with Gasteiger partial charge < -0.3 is 15.2 Å². The van der Waals surface area contributed by atoms with Crippen molar-refractivity contribution in [2.75, 3.05) is 13.2 Å². The Hall–Kier alpha value is -0.120. The van der Waals surface area contributed by atoms with Crippen molar-refractivity contribution < 1.29 is 9.84 Å². The summed E-state index contributed by atoms with van der Waals surface area (Å²) >= 11 is 0. The molecule has 0 aromatic carbocycles. The minimum absolute atomic E-state index is 0.0668. The van der Waals surface area contributed by atoms with Crippen LogP contribution in [-0.2, 0) is 4.74 Å². The van der Waals surface area contributed by atoms with Crippen molar-refractivity contribution in [1.29, 1.82) is 0 Å². The van der Waals surface area contributed by atoms with E-state index in [0.717, 1.165) is 25.8 Å². The molecule has 2 N–H and O–H groups in total. The third-order valence-electron chi connectivity index (χ3n) is 4.29. The first kappa shape index (κ1) is 13.3. The van der Waals surface area contributed by atoms with Crippen LogP contribution in [0.15, 0.2) is 0 Å². The maximum atomic E-state index is 9.67. The summed E-state index contributed by atoms with van der Waals surface area (Å²) in [6, 6.07) is 0. The molecule has 3 heteroatoms. The van der Waals surface area contributed by atoms with E-state index < -0.39 is 0 Å². The molecule has 0 amide bonds. The molecule has 17 heavy (non-hydrogen) atoms. The van der Waals surface area contributed by atoms with Gasteiger partial charge in [-0.1, -0.05) is 6.92 Å². The average Bonchev–Trinajstić information content (AvgIpc) is 2.32. The average molecular weight is 241 g/mol. The fourth-order valence-electron chi connectivity index (χ4n) is 2.95. The second-order valence-electron chi connectivity index (χ2n) is 5.77. The Morgan fingerprint density at radius 3 is 2.59 bits per heavy atom. The van der Waals surface area contributed by atoms with Crippen LogP contribution in [0.1, 0.15) is 58.3 Å². The first-order valence-corrected chi connectivity index (χ1v) is 7.29. The Labute approximate surface area is 105 Å². The summed E-state index contributed by atoms with van der Waals surface area (Å²) in [7, 11) is 0. The maximum absolute atomic E-state index is 9.67. The van der Waals surface area contributed by atoms with Gasteiger partial charge in [-0.15, -0.1) is 0 Å². The van der Waals surface area contributed by atoms with Crippen LogP contribution in [0.4, 0.5) is 0 Å². The van der Waals surface area contributed by atoms with Gasteiger partial charge in [0.2, 0.25) is 0 Å². The minimum Gasteiger partial charge on any atom is -0.394 e. The summed E-state index contributed by atoms with van der Waals surface area (Å²) in [5.74, 6) is 0. The molecule has 0 aromatic rings. The van der Waals surface area contributed by atoms with Gasteiger partial charge in [0.1, 0.15) is 0 Å². The molecule has 0 radical (unpaired) electrons. The highest BCUT2D eigenvalue weighted by molar-refractivity contribution is 4.94. The predicted octanol–water partition coefficient (Wildman–Crippen LogP) is 2.23. The van der Waals surface area contributed by atoms with Crippen LogP contribution < -0.4 is 5.32 Å². The van der Waals surface area contributed by atoms with Crippen LogP contribution in [0.5, 0.6) is 0 Å². The minimum atomic E-state index is -0.0668. The number of hydrogen-bond acceptors (Lipinski definition) is 3. The van der Waals surface area contributed by atoms with Gasteiger partial charge >= 0.3 is 0 Å². The lowest BCUT2D eigenvalue weighted by Crippen LogP contribution is -2.53. The molecule has 2 rings (SSSR count). The Morgan fingerprint density at radius 1 is 1.24 bits per heavy atom. The van der Waals surface area contributed by atoms with Crippen LogP contribution in [0.25, 0.3) is 0 Å². The van der Waals surface area contributed by atoms with Crippen LogP contribution >= 0.6 is 0 Å². The third-order valence-corrected chi connectivity index (χ3v) is 4.29. The van der Waals surface area contributed by atoms with Crippen LogP contribution in [0, 0.1) is 0 Å². The molecule has 0 spiro atoms. The van der Waals surface area contributed by atoms with Crippen LogP contribution in [0.3, 0.4) is 0 Å². The lowest BCUT2D eigenvalue weighted by molar-refractivity contribution is -0.0844. The molecule has 2 saturated carbocycles. The van der Waals surface area contributed by atoms with Crippen molar-refractivity contribution in [2.24, 2.45) is 0 Å². The Morgan fingerprint density at radius 2 is 2.00 bits per heavy atom. The normalized spacial score (nSPS) is 34.6. The summed E-state index contributed by atoms with van der Waals surface area (Å²) in [4.78, 5) is 0. The molecule has 100 valence electrons. The van der Waals surface area contributed by atoms with Crippen molar-refractivity contribution in [3.8, 4) is 0 Å². The molecule has 0 aromatic heterocycles. The van der Waals surface area contributed by atoms with E-state index in [4.69, 9.17) is 4.74 Å². The highest BCUT2D eigenvalue weighted by Crippen LogP contribution is 2.33. The number of rotatable bonds is 6. The van der Waals surface area contributed by atoms with E-state index >= 15 is 0 Å². The molecule has 0 heterocycles. The van der Waals surface area contributed by atoms with E-state index in [9.17, 15) is 5.11 Å². The zero-order valence-electron chi connectivity index (χ0n) is 11.1. The SMILES string of the molecule is CCCNC1(CO)CCCC(OC2CCC2)C1. The molecule has 2 aliphatic rings. The second kappa shape index (κ2) is 6.17. The lowest BCUT2D eigenvalue weighted by atomic mass is 9.80. The van der Waals surface area contributed by atoms with Gasteiger partial charge in [-0.25, -0.2) is 0 Å².